The summed E-state index contributed by atoms with van der Waals surface area (Å²) in [4.78, 5) is 4.52. The third kappa shape index (κ3) is 6.96. The number of ether oxygens (including phenoxy) is 4. The Labute approximate surface area is 401 Å². The Kier molecular flexibility index (Phi) is 10.3. The average Bonchev–Trinajstić information content (AvgIpc) is 4.20. The van der Waals surface area contributed by atoms with Gasteiger partial charge in [0, 0.05) is 65.7 Å². The van der Waals surface area contributed by atoms with Gasteiger partial charge in [0.25, 0.3) is 0 Å². The Balaban J connectivity index is 1.05. The molecule has 0 aliphatic rings. The number of anilines is 6. The maximum absolute atomic E-state index is 5.53. The van der Waals surface area contributed by atoms with Gasteiger partial charge in [0.15, 0.2) is 0 Å². The maximum atomic E-state index is 5.53. The van der Waals surface area contributed by atoms with Gasteiger partial charge in [-0.1, -0.05) is 0 Å². The molecule has 4 aromatic heterocycles. The van der Waals surface area contributed by atoms with E-state index in [9.17, 15) is 0 Å². The van der Waals surface area contributed by atoms with Gasteiger partial charge in [0.1, 0.15) is 23.0 Å². The maximum Gasteiger partial charge on any atom is 0.119 e. The predicted molar refractivity (Wildman–Crippen MR) is 284 cm³/mol. The second-order valence-electron chi connectivity index (χ2n) is 16.5. The van der Waals surface area contributed by atoms with Crippen LogP contribution in [0.25, 0.3) is 64.4 Å². The largest absolute Gasteiger partial charge is 0.497 e. The van der Waals surface area contributed by atoms with E-state index in [0.717, 1.165) is 79.5 Å². The first kappa shape index (κ1) is 41.3. The normalized spacial score (nSPS) is 11.5. The van der Waals surface area contributed by atoms with Crippen molar-refractivity contribution in [1.29, 1.82) is 0 Å². The van der Waals surface area contributed by atoms with Crippen LogP contribution in [0.5, 0.6) is 23.0 Å². The number of hydrogen-bond donors (Lipinski definition) is 0. The molecular weight excluding hydrogens is 881 g/mol. The third-order valence-corrected chi connectivity index (χ3v) is 14.6. The van der Waals surface area contributed by atoms with E-state index in [-0.39, 0.29) is 0 Å². The van der Waals surface area contributed by atoms with Crippen LogP contribution >= 0.6 is 22.7 Å². The third-order valence-electron chi connectivity index (χ3n) is 12.9. The zero-order chi connectivity index (χ0) is 45.9. The van der Waals surface area contributed by atoms with Gasteiger partial charge in [-0.2, -0.15) is 0 Å². The number of rotatable bonds is 12. The molecule has 0 spiro atoms. The minimum Gasteiger partial charge on any atom is -0.497 e. The lowest BCUT2D eigenvalue weighted by molar-refractivity contribution is 0.414. The molecule has 0 radical (unpaired) electrons. The van der Waals surface area contributed by atoms with Gasteiger partial charge in [0.05, 0.1) is 50.5 Å². The van der Waals surface area contributed by atoms with E-state index in [1.807, 2.05) is 48.5 Å². The lowest BCUT2D eigenvalue weighted by atomic mass is 10.1. The Hall–Kier alpha value is -8.18. The topological polar surface area (TPSA) is 53.3 Å². The minimum atomic E-state index is 0.807. The molecule has 8 nitrogen and oxygen atoms in total. The quantitative estimate of drug-likeness (QED) is 0.122. The first-order chi connectivity index (χ1) is 33.5. The van der Waals surface area contributed by atoms with Crippen molar-refractivity contribution in [2.45, 2.75) is 0 Å². The number of nitrogens with zero attached hydrogens (tertiary/aromatic N) is 4. The van der Waals surface area contributed by atoms with Crippen LogP contribution < -0.4 is 28.7 Å². The van der Waals surface area contributed by atoms with Gasteiger partial charge < -0.3 is 37.9 Å². The van der Waals surface area contributed by atoms with Crippen molar-refractivity contribution in [3.63, 3.8) is 0 Å². The fourth-order valence-electron chi connectivity index (χ4n) is 9.55. The van der Waals surface area contributed by atoms with Crippen LogP contribution in [-0.2, 0) is 0 Å². The van der Waals surface area contributed by atoms with Gasteiger partial charge in [-0.3, -0.25) is 0 Å². The highest BCUT2D eigenvalue weighted by atomic mass is 32.1. The van der Waals surface area contributed by atoms with E-state index in [2.05, 4.69) is 163 Å². The van der Waals surface area contributed by atoms with Crippen LogP contribution in [0, 0.1) is 0 Å². The molecule has 0 saturated carbocycles. The van der Waals surface area contributed by atoms with Crippen LogP contribution in [-0.4, -0.2) is 37.6 Å². The van der Waals surface area contributed by atoms with Gasteiger partial charge >= 0.3 is 0 Å². The van der Waals surface area contributed by atoms with Crippen LogP contribution in [0.1, 0.15) is 0 Å². The molecule has 0 N–H and O–H groups in total. The van der Waals surface area contributed by atoms with Gasteiger partial charge in [-0.05, 0) is 204 Å². The molecule has 0 unspecified atom stereocenters. The molecule has 10 heteroatoms. The molecule has 0 bridgehead atoms. The van der Waals surface area contributed by atoms with Crippen molar-refractivity contribution in [2.24, 2.45) is 0 Å². The highest BCUT2D eigenvalue weighted by molar-refractivity contribution is 7.17. The first-order valence-corrected chi connectivity index (χ1v) is 24.0. The fourth-order valence-corrected chi connectivity index (χ4v) is 11.2. The summed E-state index contributed by atoms with van der Waals surface area (Å²) in [7, 11) is 6.78. The molecule has 0 amide bonds. The number of hydrogen-bond acceptors (Lipinski definition) is 8. The first-order valence-electron chi connectivity index (χ1n) is 22.2. The summed E-state index contributed by atoms with van der Waals surface area (Å²) in [6, 6.07) is 64.6. The molecule has 0 atom stereocenters. The Morgan fingerprint density at radius 3 is 0.897 bits per heavy atom. The fraction of sp³-hybridized carbons (Fsp3) is 0.0690. The van der Waals surface area contributed by atoms with Crippen molar-refractivity contribution in [1.82, 2.24) is 9.13 Å². The van der Waals surface area contributed by atoms with E-state index in [1.54, 1.807) is 51.1 Å². The molecule has 12 aromatic rings. The lowest BCUT2D eigenvalue weighted by Gasteiger charge is -2.26. The second-order valence-corrected chi connectivity index (χ2v) is 18.4. The van der Waals surface area contributed by atoms with E-state index >= 15 is 0 Å². The summed E-state index contributed by atoms with van der Waals surface area (Å²) in [6.07, 6.45) is 0. The number of methoxy groups -OCH3 is 4. The number of fused-ring (bicyclic) bond motifs is 7. The van der Waals surface area contributed by atoms with E-state index in [4.69, 9.17) is 18.9 Å². The Morgan fingerprint density at radius 2 is 0.618 bits per heavy atom. The van der Waals surface area contributed by atoms with E-state index in [0.29, 0.717) is 0 Å². The molecule has 0 aliphatic heterocycles. The molecule has 332 valence electrons. The number of benzene rings is 8. The summed E-state index contributed by atoms with van der Waals surface area (Å²) in [5.41, 5.74) is 12.9. The molecule has 0 aliphatic carbocycles. The van der Waals surface area contributed by atoms with Gasteiger partial charge in [0.2, 0.25) is 0 Å². The molecule has 0 saturated heterocycles. The highest BCUT2D eigenvalue weighted by Crippen LogP contribution is 2.46. The highest BCUT2D eigenvalue weighted by Gasteiger charge is 2.25. The van der Waals surface area contributed by atoms with Crippen molar-refractivity contribution in [2.75, 3.05) is 38.2 Å². The monoisotopic (exact) mass is 924 g/mol. The van der Waals surface area contributed by atoms with Gasteiger partial charge in [-0.15, -0.1) is 22.7 Å². The SMILES string of the molecule is COc1ccc(N(c2ccc(OC)cc2)c2ccc(-n3c4cc5ccsc5cc4c4c3c3cc5sccc5cc3n4-c3ccc(N(c4ccc(OC)cc4)c4ccc(OC)cc4)cc3)cc2)cc1. The molecule has 68 heavy (non-hydrogen) atoms. The van der Waals surface area contributed by atoms with Crippen molar-refractivity contribution >= 4 is 110 Å². The standard InChI is InChI=1S/C58H44N4O4S2/c1-63-47-21-13-41(14-22-47)59(42-15-23-48(64-2)24-16-42)39-5-9-45(10-6-39)61-53-33-37-29-31-67-55(37)35-51(53)58-57(61)52-36-56-38(30-32-68-56)34-54(52)62(58)46-11-7-40(8-12-46)60(43-17-25-49(65-3)26-18-43)44-19-27-50(66-4)28-20-44/h5-36H,1-4H3. The Bertz CT molecular complexity index is 3410. The number of aromatic nitrogens is 2. The molecule has 4 heterocycles. The summed E-state index contributed by atoms with van der Waals surface area (Å²) >= 11 is 3.56. The van der Waals surface area contributed by atoms with Crippen molar-refractivity contribution in [3.05, 3.63) is 193 Å². The Morgan fingerprint density at radius 1 is 0.338 bits per heavy atom. The minimum absolute atomic E-state index is 0.807. The zero-order valence-electron chi connectivity index (χ0n) is 37.7. The van der Waals surface area contributed by atoms with E-state index in [1.165, 1.54) is 42.0 Å². The van der Waals surface area contributed by atoms with Crippen LogP contribution in [0.3, 0.4) is 0 Å². The molecule has 0 fully saturated rings. The smallest absolute Gasteiger partial charge is 0.119 e. The summed E-state index contributed by atoms with van der Waals surface area (Å²) in [5, 5.41) is 9.21. The molecule has 8 aromatic carbocycles. The average molecular weight is 925 g/mol. The lowest BCUT2D eigenvalue weighted by Crippen LogP contribution is -2.10. The van der Waals surface area contributed by atoms with Crippen molar-refractivity contribution in [3.8, 4) is 34.4 Å². The number of thiophene rings is 2. The van der Waals surface area contributed by atoms with Crippen LogP contribution in [0.2, 0.25) is 0 Å². The van der Waals surface area contributed by atoms with E-state index < -0.39 is 0 Å². The summed E-state index contributed by atoms with van der Waals surface area (Å²) < 4.78 is 29.6. The van der Waals surface area contributed by atoms with Gasteiger partial charge in [-0.25, -0.2) is 0 Å². The predicted octanol–water partition coefficient (Wildman–Crippen LogP) is 16.1. The zero-order valence-corrected chi connectivity index (χ0v) is 39.3. The second kappa shape index (κ2) is 16.9. The molecule has 12 rings (SSSR count). The van der Waals surface area contributed by atoms with Crippen LogP contribution in [0.15, 0.2) is 193 Å². The van der Waals surface area contributed by atoms with Crippen molar-refractivity contribution < 1.29 is 18.9 Å². The van der Waals surface area contributed by atoms with Crippen LogP contribution in [0.4, 0.5) is 34.1 Å². The summed E-state index contributed by atoms with van der Waals surface area (Å²) in [6.45, 7) is 0. The summed E-state index contributed by atoms with van der Waals surface area (Å²) in [5.74, 6) is 3.23. The molecular formula is C58H44N4O4S2.